The molecule has 0 radical (unpaired) electrons. The molecular weight excluding hydrogens is 388 g/mol. The Bertz CT molecular complexity index is 669. The minimum absolute atomic E-state index is 0.0990. The molecule has 30 heavy (non-hydrogen) atoms. The van der Waals surface area contributed by atoms with Gasteiger partial charge < -0.3 is 9.84 Å². The van der Waals surface area contributed by atoms with Gasteiger partial charge in [0.25, 0.3) is 0 Å². The van der Waals surface area contributed by atoms with Gasteiger partial charge in [-0.25, -0.2) is 0 Å². The van der Waals surface area contributed by atoms with Crippen molar-refractivity contribution in [1.29, 1.82) is 0 Å². The van der Waals surface area contributed by atoms with Gasteiger partial charge >= 0.3 is 0 Å². The van der Waals surface area contributed by atoms with Crippen molar-refractivity contribution < 1.29 is 9.84 Å². The number of thioether (sulfide) groups is 1. The number of hydrogen-bond donors (Lipinski definition) is 1. The summed E-state index contributed by atoms with van der Waals surface area (Å²) >= 11 is 1.84. The van der Waals surface area contributed by atoms with Crippen LogP contribution in [0.3, 0.4) is 0 Å². The van der Waals surface area contributed by atoms with E-state index in [1.165, 1.54) is 51.4 Å². The molecule has 2 rings (SSSR count). The van der Waals surface area contributed by atoms with E-state index in [1.807, 2.05) is 31.7 Å². The quantitative estimate of drug-likeness (QED) is 0.357. The summed E-state index contributed by atoms with van der Waals surface area (Å²) in [6, 6.07) is 2.01. The Hall–Kier alpha value is -0.830. The molecule has 0 saturated heterocycles. The molecule has 0 aliphatic carbocycles. The Morgan fingerprint density at radius 3 is 2.13 bits per heavy atom. The van der Waals surface area contributed by atoms with Gasteiger partial charge in [0.15, 0.2) is 0 Å². The molecule has 1 aromatic rings. The third kappa shape index (κ3) is 7.70. The molecule has 0 bridgehead atoms. The topological polar surface area (TPSA) is 29.5 Å². The summed E-state index contributed by atoms with van der Waals surface area (Å²) in [5.74, 6) is 4.87. The van der Waals surface area contributed by atoms with Crippen LogP contribution in [0.4, 0.5) is 0 Å². The second-order valence-electron chi connectivity index (χ2n) is 10.7. The molecular formula is C27H46O2S. The Morgan fingerprint density at radius 1 is 0.967 bits per heavy atom. The third-order valence-corrected chi connectivity index (χ3v) is 8.34. The first-order valence-corrected chi connectivity index (χ1v) is 13.2. The molecule has 0 spiro atoms. The summed E-state index contributed by atoms with van der Waals surface area (Å²) in [7, 11) is 0. The first-order chi connectivity index (χ1) is 14.1. The minimum Gasteiger partial charge on any atom is -0.507 e. The summed E-state index contributed by atoms with van der Waals surface area (Å²) in [4.78, 5) is 1.12. The smallest absolute Gasteiger partial charge is 0.134 e. The second kappa shape index (κ2) is 11.7. The van der Waals surface area contributed by atoms with Crippen LogP contribution in [0.25, 0.3) is 0 Å². The lowest BCUT2D eigenvalue weighted by Gasteiger charge is -2.36. The first-order valence-electron chi connectivity index (χ1n) is 12.3. The van der Waals surface area contributed by atoms with E-state index in [4.69, 9.17) is 4.74 Å². The number of hydrogen-bond acceptors (Lipinski definition) is 3. The molecule has 3 atom stereocenters. The normalized spacial score (nSPS) is 20.7. The number of phenols is 1. The Labute approximate surface area is 190 Å². The largest absolute Gasteiger partial charge is 0.507 e. The van der Waals surface area contributed by atoms with Gasteiger partial charge in [0.1, 0.15) is 17.1 Å². The highest BCUT2D eigenvalue weighted by atomic mass is 32.2. The molecule has 0 amide bonds. The SMILES string of the molecule is Cc1cc2c(c(C)c1O)SCC(C)(CCC[C@H](C)CCC[C@H](C)CCCC(C)C)O2. The van der Waals surface area contributed by atoms with Gasteiger partial charge in [0.05, 0.1) is 4.90 Å². The van der Waals surface area contributed by atoms with Crippen LogP contribution in [0.2, 0.25) is 0 Å². The predicted molar refractivity (Wildman–Crippen MR) is 132 cm³/mol. The van der Waals surface area contributed by atoms with Gasteiger partial charge in [-0.1, -0.05) is 72.6 Å². The van der Waals surface area contributed by atoms with Gasteiger partial charge in [-0.2, -0.15) is 0 Å². The van der Waals surface area contributed by atoms with Crippen LogP contribution >= 0.6 is 11.8 Å². The molecule has 0 fully saturated rings. The number of rotatable bonds is 12. The molecule has 1 aliphatic heterocycles. The first kappa shape index (κ1) is 25.4. The second-order valence-corrected chi connectivity index (χ2v) is 11.7. The van der Waals surface area contributed by atoms with Crippen LogP contribution in [-0.2, 0) is 0 Å². The number of fused-ring (bicyclic) bond motifs is 1. The molecule has 0 saturated carbocycles. The van der Waals surface area contributed by atoms with E-state index in [-0.39, 0.29) is 5.60 Å². The van der Waals surface area contributed by atoms with Gasteiger partial charge in [-0.3, -0.25) is 0 Å². The number of ether oxygens (including phenoxy) is 1. The van der Waals surface area contributed by atoms with E-state index in [2.05, 4.69) is 34.6 Å². The van der Waals surface area contributed by atoms with E-state index < -0.39 is 0 Å². The minimum atomic E-state index is -0.0990. The van der Waals surface area contributed by atoms with E-state index in [1.54, 1.807) is 0 Å². The molecule has 1 N–H and O–H groups in total. The highest BCUT2D eigenvalue weighted by Crippen LogP contribution is 2.46. The Balaban J connectivity index is 1.68. The lowest BCUT2D eigenvalue weighted by atomic mass is 9.90. The maximum absolute atomic E-state index is 10.2. The molecule has 3 heteroatoms. The van der Waals surface area contributed by atoms with Gasteiger partial charge in [-0.05, 0) is 63.0 Å². The van der Waals surface area contributed by atoms with E-state index >= 15 is 0 Å². The van der Waals surface area contributed by atoms with Crippen molar-refractivity contribution in [2.45, 2.75) is 117 Å². The molecule has 1 heterocycles. The van der Waals surface area contributed by atoms with Crippen molar-refractivity contribution in [3.8, 4) is 11.5 Å². The molecule has 0 aromatic heterocycles. The monoisotopic (exact) mass is 434 g/mol. The number of aryl methyl sites for hydroxylation is 1. The van der Waals surface area contributed by atoms with Crippen molar-refractivity contribution in [1.82, 2.24) is 0 Å². The van der Waals surface area contributed by atoms with Crippen LogP contribution in [0.15, 0.2) is 11.0 Å². The van der Waals surface area contributed by atoms with Crippen LogP contribution < -0.4 is 4.74 Å². The third-order valence-electron chi connectivity index (χ3n) is 6.79. The summed E-state index contributed by atoms with van der Waals surface area (Å²) in [6.45, 7) is 15.7. The molecule has 1 unspecified atom stereocenters. The fourth-order valence-electron chi connectivity index (χ4n) is 4.62. The van der Waals surface area contributed by atoms with Crippen LogP contribution in [0.5, 0.6) is 11.5 Å². The fourth-order valence-corrected chi connectivity index (χ4v) is 5.83. The summed E-state index contributed by atoms with van der Waals surface area (Å²) in [5.41, 5.74) is 1.77. The summed E-state index contributed by atoms with van der Waals surface area (Å²) in [6.07, 6.45) is 11.9. The average Bonchev–Trinajstić information content (AvgIpc) is 2.65. The van der Waals surface area contributed by atoms with Crippen molar-refractivity contribution in [2.24, 2.45) is 17.8 Å². The molecule has 2 nitrogen and oxygen atoms in total. The van der Waals surface area contributed by atoms with Crippen molar-refractivity contribution in [2.75, 3.05) is 5.75 Å². The lowest BCUT2D eigenvalue weighted by Crippen LogP contribution is -2.37. The standard InChI is InChI=1S/C27H46O2S/c1-19(2)11-8-12-20(3)13-9-14-21(4)15-10-16-27(7)18-30-26-23(6)25(28)22(5)17-24(26)29-27/h17,19-21,28H,8-16,18H2,1-7H3/t20-,21-,27?/m1/s1. The van der Waals surface area contributed by atoms with Crippen molar-refractivity contribution >= 4 is 11.8 Å². The molecule has 1 aromatic carbocycles. The maximum Gasteiger partial charge on any atom is 0.134 e. The van der Waals surface area contributed by atoms with Crippen molar-refractivity contribution in [3.63, 3.8) is 0 Å². The van der Waals surface area contributed by atoms with Gasteiger partial charge in [0, 0.05) is 11.3 Å². The van der Waals surface area contributed by atoms with E-state index in [0.717, 1.165) is 51.7 Å². The Kier molecular flexibility index (Phi) is 9.91. The van der Waals surface area contributed by atoms with Gasteiger partial charge in [0.2, 0.25) is 0 Å². The van der Waals surface area contributed by atoms with Crippen LogP contribution in [0.1, 0.15) is 104 Å². The summed E-state index contributed by atoms with van der Waals surface area (Å²) in [5, 5.41) is 10.2. The molecule has 172 valence electrons. The van der Waals surface area contributed by atoms with E-state index in [0.29, 0.717) is 5.75 Å². The van der Waals surface area contributed by atoms with Gasteiger partial charge in [-0.15, -0.1) is 11.8 Å². The zero-order valence-electron chi connectivity index (χ0n) is 20.6. The highest BCUT2D eigenvalue weighted by Gasteiger charge is 2.33. The zero-order valence-corrected chi connectivity index (χ0v) is 21.5. The Morgan fingerprint density at radius 2 is 1.53 bits per heavy atom. The van der Waals surface area contributed by atoms with Crippen molar-refractivity contribution in [3.05, 3.63) is 17.2 Å². The number of benzene rings is 1. The number of phenolic OH excluding ortho intramolecular Hbond substituents is 1. The summed E-state index contributed by atoms with van der Waals surface area (Å²) < 4.78 is 6.45. The molecule has 1 aliphatic rings. The predicted octanol–water partition coefficient (Wildman–Crippen LogP) is 8.69. The van der Waals surface area contributed by atoms with Crippen LogP contribution in [-0.4, -0.2) is 16.5 Å². The van der Waals surface area contributed by atoms with Crippen LogP contribution in [0, 0.1) is 31.6 Å². The highest BCUT2D eigenvalue weighted by molar-refractivity contribution is 7.99. The van der Waals surface area contributed by atoms with E-state index in [9.17, 15) is 5.11 Å². The lowest BCUT2D eigenvalue weighted by molar-refractivity contribution is 0.0914. The fraction of sp³-hybridized carbons (Fsp3) is 0.778. The average molecular weight is 435 g/mol. The zero-order chi connectivity index (χ0) is 22.3. The number of aromatic hydroxyl groups is 1. The maximum atomic E-state index is 10.2.